The van der Waals surface area contributed by atoms with Crippen molar-refractivity contribution in [3.8, 4) is 0 Å². The number of benzene rings is 1. The van der Waals surface area contributed by atoms with Crippen molar-refractivity contribution in [3.05, 3.63) is 39.8 Å². The lowest BCUT2D eigenvalue weighted by Gasteiger charge is -1.98. The van der Waals surface area contributed by atoms with E-state index >= 15 is 0 Å². The average molecular weight is 221 g/mol. The van der Waals surface area contributed by atoms with Gasteiger partial charge in [-0.05, 0) is 12.1 Å². The van der Waals surface area contributed by atoms with Crippen molar-refractivity contribution in [2.24, 2.45) is 0 Å². The van der Waals surface area contributed by atoms with Gasteiger partial charge in [-0.15, -0.1) is 0 Å². The molecule has 15 heavy (non-hydrogen) atoms. The summed E-state index contributed by atoms with van der Waals surface area (Å²) in [5, 5.41) is 5.79. The van der Waals surface area contributed by atoms with Crippen LogP contribution in [-0.2, 0) is 0 Å². The zero-order chi connectivity index (χ0) is 10.4. The molecule has 0 radical (unpaired) electrons. The number of aromatic nitrogens is 2. The molecule has 0 aliphatic rings. The van der Waals surface area contributed by atoms with E-state index in [1.54, 1.807) is 12.1 Å². The fraction of sp³-hybridized carbons (Fsp3) is 0. The second-order valence-electron chi connectivity index (χ2n) is 3.22. The maximum absolute atomic E-state index is 11.5. The molecule has 0 saturated carbocycles. The highest BCUT2D eigenvalue weighted by Gasteiger charge is 2.08. The number of nitrogens with zero attached hydrogens (tertiary/aromatic N) is 1. The number of aromatic amines is 1. The maximum Gasteiger partial charge on any atom is 0.278 e. The second kappa shape index (κ2) is 2.84. The van der Waals surface area contributed by atoms with Gasteiger partial charge in [0.1, 0.15) is 6.26 Å². The Bertz CT molecular complexity index is 714. The summed E-state index contributed by atoms with van der Waals surface area (Å²) in [6.07, 6.45) is 1.46. The molecule has 0 atom stereocenters. The quantitative estimate of drug-likeness (QED) is 0.633. The van der Waals surface area contributed by atoms with Crippen molar-refractivity contribution in [2.75, 3.05) is 0 Å². The van der Waals surface area contributed by atoms with E-state index in [4.69, 9.17) is 16.1 Å². The van der Waals surface area contributed by atoms with E-state index in [9.17, 15) is 4.79 Å². The fourth-order valence-corrected chi connectivity index (χ4v) is 1.80. The standard InChI is InChI=1S/C10H5ClN2O2/c11-5-1-2-6-7-4-15-13-9(7)10(14)12-8(6)3-5/h1-4H,(H,12,14). The van der Waals surface area contributed by atoms with Crippen LogP contribution in [0, 0.1) is 0 Å². The number of H-pyrrole nitrogens is 1. The molecule has 2 aromatic heterocycles. The Morgan fingerprint density at radius 3 is 3.07 bits per heavy atom. The fourth-order valence-electron chi connectivity index (χ4n) is 1.63. The van der Waals surface area contributed by atoms with Gasteiger partial charge in [0.2, 0.25) is 0 Å². The number of rotatable bonds is 0. The third-order valence-corrected chi connectivity index (χ3v) is 2.54. The van der Waals surface area contributed by atoms with Crippen LogP contribution in [0.15, 0.2) is 33.8 Å². The molecule has 3 rings (SSSR count). The van der Waals surface area contributed by atoms with Crippen LogP contribution in [0.25, 0.3) is 21.8 Å². The largest absolute Gasteiger partial charge is 0.363 e. The lowest BCUT2D eigenvalue weighted by atomic mass is 10.1. The number of pyridine rings is 1. The third kappa shape index (κ3) is 1.15. The molecule has 1 aromatic carbocycles. The van der Waals surface area contributed by atoms with Crippen LogP contribution in [0.4, 0.5) is 0 Å². The lowest BCUT2D eigenvalue weighted by Crippen LogP contribution is -2.05. The van der Waals surface area contributed by atoms with E-state index < -0.39 is 0 Å². The van der Waals surface area contributed by atoms with Crippen LogP contribution in [0.5, 0.6) is 0 Å². The van der Waals surface area contributed by atoms with Crippen LogP contribution < -0.4 is 5.56 Å². The van der Waals surface area contributed by atoms with Crippen molar-refractivity contribution < 1.29 is 4.52 Å². The first-order chi connectivity index (χ1) is 7.25. The van der Waals surface area contributed by atoms with Crippen LogP contribution in [0.1, 0.15) is 0 Å². The molecule has 0 aliphatic heterocycles. The molecule has 0 fully saturated rings. The van der Waals surface area contributed by atoms with Crippen molar-refractivity contribution in [3.63, 3.8) is 0 Å². The second-order valence-corrected chi connectivity index (χ2v) is 3.66. The summed E-state index contributed by atoms with van der Waals surface area (Å²) in [4.78, 5) is 14.2. The van der Waals surface area contributed by atoms with E-state index in [1.807, 2.05) is 6.07 Å². The van der Waals surface area contributed by atoms with E-state index in [0.29, 0.717) is 21.4 Å². The molecule has 1 N–H and O–H groups in total. The van der Waals surface area contributed by atoms with Gasteiger partial charge in [0.15, 0.2) is 5.52 Å². The van der Waals surface area contributed by atoms with Crippen molar-refractivity contribution in [1.82, 2.24) is 10.1 Å². The molecule has 0 amide bonds. The van der Waals surface area contributed by atoms with Crippen molar-refractivity contribution in [1.29, 1.82) is 0 Å². The summed E-state index contributed by atoms with van der Waals surface area (Å²) in [7, 11) is 0. The summed E-state index contributed by atoms with van der Waals surface area (Å²) in [5.41, 5.74) is 0.724. The molecular weight excluding hydrogens is 216 g/mol. The number of nitrogens with one attached hydrogen (secondary N) is 1. The summed E-state index contributed by atoms with van der Waals surface area (Å²) < 4.78 is 4.78. The SMILES string of the molecule is O=c1[nH]c2cc(Cl)ccc2c2conc12. The predicted octanol–water partition coefficient (Wildman–Crippen LogP) is 2.32. The first-order valence-electron chi connectivity index (χ1n) is 4.31. The van der Waals surface area contributed by atoms with E-state index in [1.165, 1.54) is 6.26 Å². The number of hydrogen-bond acceptors (Lipinski definition) is 3. The average Bonchev–Trinajstić information content (AvgIpc) is 2.66. The van der Waals surface area contributed by atoms with Gasteiger partial charge in [0, 0.05) is 10.4 Å². The third-order valence-electron chi connectivity index (χ3n) is 2.30. The zero-order valence-electron chi connectivity index (χ0n) is 7.45. The number of hydrogen-bond donors (Lipinski definition) is 1. The van der Waals surface area contributed by atoms with E-state index in [0.717, 1.165) is 5.39 Å². The highest BCUT2D eigenvalue weighted by Crippen LogP contribution is 2.22. The predicted molar refractivity (Wildman–Crippen MR) is 57.1 cm³/mol. The Morgan fingerprint density at radius 1 is 1.33 bits per heavy atom. The summed E-state index contributed by atoms with van der Waals surface area (Å²) in [5.74, 6) is 0. The van der Waals surface area contributed by atoms with Gasteiger partial charge in [-0.2, -0.15) is 0 Å². The number of halogens is 1. The van der Waals surface area contributed by atoms with E-state index in [2.05, 4.69) is 10.1 Å². The van der Waals surface area contributed by atoms with Gasteiger partial charge in [-0.1, -0.05) is 22.8 Å². The molecular formula is C10H5ClN2O2. The molecule has 0 bridgehead atoms. The normalized spacial score (nSPS) is 11.3. The summed E-state index contributed by atoms with van der Waals surface area (Å²) in [6, 6.07) is 5.28. The van der Waals surface area contributed by atoms with Gasteiger partial charge in [-0.25, -0.2) is 0 Å². The Balaban J connectivity index is 2.66. The Labute approximate surface area is 88.4 Å². The summed E-state index contributed by atoms with van der Waals surface area (Å²) >= 11 is 5.84. The van der Waals surface area contributed by atoms with Crippen LogP contribution >= 0.6 is 11.6 Å². The highest BCUT2D eigenvalue weighted by atomic mass is 35.5. The zero-order valence-corrected chi connectivity index (χ0v) is 8.21. The lowest BCUT2D eigenvalue weighted by molar-refractivity contribution is 0.428. The Hall–Kier alpha value is -1.81. The van der Waals surface area contributed by atoms with Crippen LogP contribution in [0.2, 0.25) is 5.02 Å². The highest BCUT2D eigenvalue weighted by molar-refractivity contribution is 6.31. The van der Waals surface area contributed by atoms with Gasteiger partial charge < -0.3 is 9.51 Å². The first kappa shape index (κ1) is 8.49. The van der Waals surface area contributed by atoms with Crippen molar-refractivity contribution >= 4 is 33.4 Å². The van der Waals surface area contributed by atoms with Crippen LogP contribution in [0.3, 0.4) is 0 Å². The first-order valence-corrected chi connectivity index (χ1v) is 4.69. The van der Waals surface area contributed by atoms with Gasteiger partial charge in [0.25, 0.3) is 5.56 Å². The molecule has 4 nitrogen and oxygen atoms in total. The maximum atomic E-state index is 11.5. The molecule has 74 valence electrons. The van der Waals surface area contributed by atoms with Crippen molar-refractivity contribution in [2.45, 2.75) is 0 Å². The van der Waals surface area contributed by atoms with Gasteiger partial charge >= 0.3 is 0 Å². The Morgan fingerprint density at radius 2 is 2.20 bits per heavy atom. The monoisotopic (exact) mass is 220 g/mol. The molecule has 2 heterocycles. The minimum atomic E-state index is -0.270. The van der Waals surface area contributed by atoms with E-state index in [-0.39, 0.29) is 5.56 Å². The molecule has 0 saturated heterocycles. The molecule has 0 aliphatic carbocycles. The molecule has 3 aromatic rings. The molecule has 0 unspecified atom stereocenters. The smallest absolute Gasteiger partial charge is 0.278 e. The topological polar surface area (TPSA) is 58.9 Å². The molecule has 0 spiro atoms. The minimum Gasteiger partial charge on any atom is -0.363 e. The number of fused-ring (bicyclic) bond motifs is 3. The Kier molecular flexibility index (Phi) is 1.61. The summed E-state index contributed by atoms with van der Waals surface area (Å²) in [6.45, 7) is 0. The van der Waals surface area contributed by atoms with Gasteiger partial charge in [0.05, 0.1) is 10.9 Å². The minimum absolute atomic E-state index is 0.270. The van der Waals surface area contributed by atoms with Gasteiger partial charge in [-0.3, -0.25) is 4.79 Å². The molecule has 5 heteroatoms. The van der Waals surface area contributed by atoms with Crippen LogP contribution in [-0.4, -0.2) is 10.1 Å².